The van der Waals surface area contributed by atoms with Crippen molar-refractivity contribution < 1.29 is 4.42 Å². The molecule has 0 spiro atoms. The monoisotopic (exact) mass is 356 g/mol. The van der Waals surface area contributed by atoms with Crippen LogP contribution in [0.2, 0.25) is 0 Å². The van der Waals surface area contributed by atoms with E-state index in [0.29, 0.717) is 17.4 Å². The van der Waals surface area contributed by atoms with Crippen LogP contribution < -0.4 is 5.63 Å². The zero-order valence-electron chi connectivity index (χ0n) is 14.4. The number of nitrogens with zero attached hydrogens (tertiary/aromatic N) is 4. The normalized spacial score (nSPS) is 15.3. The lowest BCUT2D eigenvalue weighted by molar-refractivity contribution is 0.423. The molecule has 0 aliphatic heterocycles. The number of rotatable bonds is 4. The Morgan fingerprint density at radius 2 is 2.08 bits per heavy atom. The predicted molar refractivity (Wildman–Crippen MR) is 96.8 cm³/mol. The first-order valence-electron chi connectivity index (χ1n) is 8.57. The fourth-order valence-electron chi connectivity index (χ4n) is 3.44. The van der Waals surface area contributed by atoms with Crippen molar-refractivity contribution in [1.82, 2.24) is 20.2 Å². The summed E-state index contributed by atoms with van der Waals surface area (Å²) in [4.78, 5) is 12.0. The summed E-state index contributed by atoms with van der Waals surface area (Å²) in [6.07, 6.45) is 4.74. The Hall–Kier alpha value is -2.15. The zero-order valence-corrected chi connectivity index (χ0v) is 15.2. The van der Waals surface area contributed by atoms with E-state index < -0.39 is 0 Å². The number of hydrogen-bond donors (Lipinski definition) is 0. The van der Waals surface area contributed by atoms with Crippen molar-refractivity contribution in [2.24, 2.45) is 0 Å². The van der Waals surface area contributed by atoms with Gasteiger partial charge in [0.1, 0.15) is 5.58 Å². The molecule has 1 aliphatic rings. The molecule has 1 aliphatic carbocycles. The van der Waals surface area contributed by atoms with E-state index in [0.717, 1.165) is 40.1 Å². The highest BCUT2D eigenvalue weighted by molar-refractivity contribution is 7.98. The SMILES string of the molecule is Cc1ccc2c(CSc3nnnn3C3CCCC3)cc(=O)oc2c1C. The number of thioether (sulfide) groups is 1. The van der Waals surface area contributed by atoms with E-state index in [1.54, 1.807) is 17.8 Å². The Morgan fingerprint density at radius 3 is 2.88 bits per heavy atom. The van der Waals surface area contributed by atoms with E-state index in [1.165, 1.54) is 12.8 Å². The van der Waals surface area contributed by atoms with Crippen LogP contribution in [0.4, 0.5) is 0 Å². The maximum atomic E-state index is 12.0. The first kappa shape index (κ1) is 16.3. The first-order chi connectivity index (χ1) is 12.1. The molecule has 2 heterocycles. The van der Waals surface area contributed by atoms with E-state index >= 15 is 0 Å². The third-order valence-corrected chi connectivity index (χ3v) is 5.99. The largest absolute Gasteiger partial charge is 0.422 e. The number of fused-ring (bicyclic) bond motifs is 1. The van der Waals surface area contributed by atoms with Crippen LogP contribution in [0.25, 0.3) is 11.0 Å². The summed E-state index contributed by atoms with van der Waals surface area (Å²) in [5, 5.41) is 14.0. The lowest BCUT2D eigenvalue weighted by Gasteiger charge is -2.11. The predicted octanol–water partition coefficient (Wildman–Crippen LogP) is 3.80. The quantitative estimate of drug-likeness (QED) is 0.523. The van der Waals surface area contributed by atoms with Crippen molar-refractivity contribution in [3.63, 3.8) is 0 Å². The van der Waals surface area contributed by atoms with Gasteiger partial charge in [-0.1, -0.05) is 36.7 Å². The second-order valence-corrected chi connectivity index (χ2v) is 7.55. The van der Waals surface area contributed by atoms with Crippen molar-refractivity contribution in [3.05, 3.63) is 45.3 Å². The molecule has 0 amide bonds. The summed E-state index contributed by atoms with van der Waals surface area (Å²) < 4.78 is 7.39. The molecule has 1 saturated carbocycles. The molecule has 1 fully saturated rings. The summed E-state index contributed by atoms with van der Waals surface area (Å²) in [5.41, 5.74) is 3.45. The number of benzene rings is 1. The van der Waals surface area contributed by atoms with Gasteiger partial charge in [-0.05, 0) is 53.8 Å². The van der Waals surface area contributed by atoms with E-state index in [2.05, 4.69) is 21.6 Å². The Kier molecular flexibility index (Phi) is 4.33. The molecule has 0 radical (unpaired) electrons. The summed E-state index contributed by atoms with van der Waals surface area (Å²) in [5.74, 6) is 0.637. The van der Waals surface area contributed by atoms with Crippen LogP contribution >= 0.6 is 11.8 Å². The Bertz CT molecular complexity index is 973. The summed E-state index contributed by atoms with van der Waals surface area (Å²) >= 11 is 1.57. The molecular weight excluding hydrogens is 336 g/mol. The van der Waals surface area contributed by atoms with Gasteiger partial charge in [-0.25, -0.2) is 9.48 Å². The standard InChI is InChI=1S/C18H20N4O2S/c1-11-7-8-15-13(9-16(23)24-17(15)12(11)2)10-25-18-19-20-21-22(18)14-5-3-4-6-14/h7-9,14H,3-6,10H2,1-2H3. The lowest BCUT2D eigenvalue weighted by Crippen LogP contribution is -2.08. The Balaban J connectivity index is 1.65. The molecule has 6 nitrogen and oxygen atoms in total. The van der Waals surface area contributed by atoms with E-state index in [4.69, 9.17) is 4.42 Å². The fraction of sp³-hybridized carbons (Fsp3) is 0.444. The minimum atomic E-state index is -0.313. The van der Waals surface area contributed by atoms with Crippen molar-refractivity contribution in [3.8, 4) is 0 Å². The molecule has 4 rings (SSSR count). The van der Waals surface area contributed by atoms with Gasteiger partial charge in [-0.3, -0.25) is 0 Å². The second-order valence-electron chi connectivity index (χ2n) is 6.61. The second kappa shape index (κ2) is 6.63. The minimum Gasteiger partial charge on any atom is -0.422 e. The van der Waals surface area contributed by atoms with Crippen LogP contribution in [0.15, 0.2) is 32.6 Å². The van der Waals surface area contributed by atoms with Crippen LogP contribution in [-0.2, 0) is 5.75 Å². The van der Waals surface area contributed by atoms with E-state index in [9.17, 15) is 4.79 Å². The van der Waals surface area contributed by atoms with Crippen LogP contribution in [0, 0.1) is 13.8 Å². The highest BCUT2D eigenvalue weighted by Crippen LogP contribution is 2.33. The number of tetrazole rings is 1. The maximum absolute atomic E-state index is 12.0. The van der Waals surface area contributed by atoms with Crippen molar-refractivity contribution >= 4 is 22.7 Å². The number of aromatic nitrogens is 4. The molecule has 7 heteroatoms. The van der Waals surface area contributed by atoms with Gasteiger partial charge in [0.25, 0.3) is 0 Å². The molecule has 0 saturated heterocycles. The van der Waals surface area contributed by atoms with Gasteiger partial charge in [0.05, 0.1) is 6.04 Å². The summed E-state index contributed by atoms with van der Waals surface area (Å²) in [7, 11) is 0. The average molecular weight is 356 g/mol. The third kappa shape index (κ3) is 3.08. The van der Waals surface area contributed by atoms with Gasteiger partial charge in [0.2, 0.25) is 5.16 Å². The average Bonchev–Trinajstić information content (AvgIpc) is 3.27. The smallest absolute Gasteiger partial charge is 0.336 e. The van der Waals surface area contributed by atoms with Crippen molar-refractivity contribution in [2.75, 3.05) is 0 Å². The van der Waals surface area contributed by atoms with Crippen LogP contribution in [0.3, 0.4) is 0 Å². The van der Waals surface area contributed by atoms with Gasteiger partial charge < -0.3 is 4.42 Å². The molecular formula is C18H20N4O2S. The molecule has 130 valence electrons. The summed E-state index contributed by atoms with van der Waals surface area (Å²) in [6, 6.07) is 6.07. The van der Waals surface area contributed by atoms with Crippen LogP contribution in [0.5, 0.6) is 0 Å². The molecule has 1 aromatic carbocycles. The van der Waals surface area contributed by atoms with Crippen LogP contribution in [0.1, 0.15) is 48.4 Å². The number of hydrogen-bond acceptors (Lipinski definition) is 6. The topological polar surface area (TPSA) is 73.8 Å². The lowest BCUT2D eigenvalue weighted by atomic mass is 10.0. The van der Waals surface area contributed by atoms with Crippen molar-refractivity contribution in [2.45, 2.75) is 56.5 Å². The fourth-order valence-corrected chi connectivity index (χ4v) is 4.38. The van der Waals surface area contributed by atoms with Gasteiger partial charge in [0.15, 0.2) is 0 Å². The molecule has 0 N–H and O–H groups in total. The Morgan fingerprint density at radius 1 is 1.28 bits per heavy atom. The zero-order chi connectivity index (χ0) is 17.4. The van der Waals surface area contributed by atoms with Gasteiger partial charge in [-0.2, -0.15) is 0 Å². The molecule has 0 unspecified atom stereocenters. The van der Waals surface area contributed by atoms with Gasteiger partial charge >= 0.3 is 5.63 Å². The maximum Gasteiger partial charge on any atom is 0.336 e. The van der Waals surface area contributed by atoms with E-state index in [1.807, 2.05) is 24.6 Å². The minimum absolute atomic E-state index is 0.313. The first-order valence-corrected chi connectivity index (χ1v) is 9.55. The van der Waals surface area contributed by atoms with Gasteiger partial charge in [-0.15, -0.1) is 5.10 Å². The molecule has 25 heavy (non-hydrogen) atoms. The van der Waals surface area contributed by atoms with Crippen molar-refractivity contribution in [1.29, 1.82) is 0 Å². The Labute approximate surface area is 149 Å². The third-order valence-electron chi connectivity index (χ3n) is 5.01. The van der Waals surface area contributed by atoms with Gasteiger partial charge in [0, 0.05) is 17.2 Å². The highest BCUT2D eigenvalue weighted by atomic mass is 32.2. The van der Waals surface area contributed by atoms with E-state index in [-0.39, 0.29) is 5.63 Å². The molecule has 0 atom stereocenters. The molecule has 2 aromatic heterocycles. The highest BCUT2D eigenvalue weighted by Gasteiger charge is 2.22. The van der Waals surface area contributed by atoms with Crippen LogP contribution in [-0.4, -0.2) is 20.2 Å². The molecule has 0 bridgehead atoms. The molecule has 3 aromatic rings. The summed E-state index contributed by atoms with van der Waals surface area (Å²) in [6.45, 7) is 4.00. The number of aryl methyl sites for hydroxylation is 2.